The van der Waals surface area contributed by atoms with E-state index in [0.717, 1.165) is 4.80 Å². The summed E-state index contributed by atoms with van der Waals surface area (Å²) in [6.45, 7) is 0. The number of aromatic nitrogens is 4. The number of nitrogens with two attached hydrogens (primary N) is 1. The van der Waals surface area contributed by atoms with Gasteiger partial charge in [-0.15, -0.1) is 5.10 Å². The number of nitrogen functional groups attached to an aromatic ring is 1. The maximum absolute atomic E-state index is 12.1. The smallest absolute Gasteiger partial charge is 0.277 e. The molecule has 18 heavy (non-hydrogen) atoms. The highest BCUT2D eigenvalue weighted by Gasteiger charge is 2.19. The molecule has 4 N–H and O–H groups in total. The number of nitrogens with one attached hydrogen (secondary N) is 2. The second-order valence-corrected chi connectivity index (χ2v) is 5.00. The van der Waals surface area contributed by atoms with Crippen LogP contribution in [-0.2, 0) is 17.1 Å². The Balaban J connectivity index is 2.36. The maximum atomic E-state index is 12.1. The molecule has 0 radical (unpaired) electrons. The average Bonchev–Trinajstić information content (AvgIpc) is 2.74. The number of anilines is 2. The molecule has 0 unspecified atom stereocenters. The van der Waals surface area contributed by atoms with Crippen molar-refractivity contribution in [1.82, 2.24) is 20.2 Å². The van der Waals surface area contributed by atoms with Gasteiger partial charge in [0.05, 0.1) is 12.7 Å². The summed E-state index contributed by atoms with van der Waals surface area (Å²) < 4.78 is 26.3. The third-order valence-electron chi connectivity index (χ3n) is 2.07. The zero-order chi connectivity index (χ0) is 13.2. The third kappa shape index (κ3) is 2.38. The van der Waals surface area contributed by atoms with Gasteiger partial charge in [0.15, 0.2) is 0 Å². The Hall–Kier alpha value is -2.20. The van der Waals surface area contributed by atoms with E-state index in [0.29, 0.717) is 0 Å². The molecule has 9 nitrogen and oxygen atoms in total. The molecule has 2 aromatic rings. The number of nitrogens with zero attached hydrogens (tertiary/aromatic N) is 4. The molecule has 10 heteroatoms. The molecule has 1 aromatic carbocycles. The van der Waals surface area contributed by atoms with Crippen molar-refractivity contribution in [1.29, 1.82) is 0 Å². The van der Waals surface area contributed by atoms with Crippen molar-refractivity contribution in [3.8, 4) is 0 Å². The van der Waals surface area contributed by atoms with Crippen LogP contribution in [0.3, 0.4) is 0 Å². The van der Waals surface area contributed by atoms with Gasteiger partial charge in [0, 0.05) is 0 Å². The highest BCUT2D eigenvalue weighted by molar-refractivity contribution is 7.92. The standard InChI is InChI=1S/C8H11N7O2S/c1-15-12-8(11-14-15)13-18(16,17)7-5-3-2-4-6(7)10-9/h2-5,10H,9H2,1H3,(H,12,13). The summed E-state index contributed by atoms with van der Waals surface area (Å²) in [6.07, 6.45) is 0. The van der Waals surface area contributed by atoms with Gasteiger partial charge in [-0.25, -0.2) is 13.1 Å². The summed E-state index contributed by atoms with van der Waals surface area (Å²) in [5, 5.41) is 10.8. The summed E-state index contributed by atoms with van der Waals surface area (Å²) >= 11 is 0. The zero-order valence-electron chi connectivity index (χ0n) is 9.40. The first-order valence-electron chi connectivity index (χ1n) is 4.85. The van der Waals surface area contributed by atoms with Gasteiger partial charge in [0.25, 0.3) is 16.0 Å². The van der Waals surface area contributed by atoms with Crippen molar-refractivity contribution >= 4 is 21.7 Å². The van der Waals surface area contributed by atoms with Gasteiger partial charge < -0.3 is 5.43 Å². The first-order chi connectivity index (χ1) is 8.53. The number of tetrazole rings is 1. The number of aryl methyl sites for hydroxylation is 1. The molecular weight excluding hydrogens is 258 g/mol. The molecule has 0 aliphatic heterocycles. The van der Waals surface area contributed by atoms with Crippen LogP contribution in [0.15, 0.2) is 29.2 Å². The van der Waals surface area contributed by atoms with Gasteiger partial charge >= 0.3 is 0 Å². The van der Waals surface area contributed by atoms with Crippen LogP contribution in [0.25, 0.3) is 0 Å². The summed E-state index contributed by atoms with van der Waals surface area (Å²) in [5.41, 5.74) is 2.58. The summed E-state index contributed by atoms with van der Waals surface area (Å²) in [4.78, 5) is 1.14. The van der Waals surface area contributed by atoms with Crippen LogP contribution in [0, 0.1) is 0 Å². The Labute approximate surface area is 103 Å². The number of para-hydroxylation sites is 1. The molecule has 0 aliphatic rings. The van der Waals surface area contributed by atoms with Crippen LogP contribution >= 0.6 is 0 Å². The topological polar surface area (TPSA) is 128 Å². The minimum atomic E-state index is -3.81. The van der Waals surface area contributed by atoms with E-state index in [2.05, 4.69) is 25.6 Å². The summed E-state index contributed by atoms with van der Waals surface area (Å²) in [5.74, 6) is 5.15. The lowest BCUT2D eigenvalue weighted by Crippen LogP contribution is -2.18. The fourth-order valence-electron chi connectivity index (χ4n) is 1.32. The van der Waals surface area contributed by atoms with E-state index < -0.39 is 10.0 Å². The Bertz CT molecular complexity index is 651. The Morgan fingerprint density at radius 3 is 2.67 bits per heavy atom. The molecular formula is C8H11N7O2S. The van der Waals surface area contributed by atoms with Crippen LogP contribution in [0.1, 0.15) is 0 Å². The van der Waals surface area contributed by atoms with Gasteiger partial charge in [0.1, 0.15) is 4.90 Å². The number of sulfonamides is 1. The zero-order valence-corrected chi connectivity index (χ0v) is 10.2. The second-order valence-electron chi connectivity index (χ2n) is 3.35. The van der Waals surface area contributed by atoms with Crippen LogP contribution in [0.4, 0.5) is 11.6 Å². The van der Waals surface area contributed by atoms with Gasteiger partial charge in [-0.2, -0.15) is 4.80 Å². The van der Waals surface area contributed by atoms with Gasteiger partial charge in [0.2, 0.25) is 0 Å². The Kier molecular flexibility index (Phi) is 3.12. The normalized spacial score (nSPS) is 11.2. The van der Waals surface area contributed by atoms with Crippen LogP contribution in [-0.4, -0.2) is 28.6 Å². The summed E-state index contributed by atoms with van der Waals surface area (Å²) in [6, 6.07) is 6.20. The van der Waals surface area contributed by atoms with Crippen LogP contribution in [0.2, 0.25) is 0 Å². The molecule has 0 saturated heterocycles. The highest BCUT2D eigenvalue weighted by Crippen LogP contribution is 2.21. The first kappa shape index (κ1) is 12.3. The molecule has 0 fully saturated rings. The van der Waals surface area contributed by atoms with E-state index in [1.807, 2.05) is 0 Å². The lowest BCUT2D eigenvalue weighted by atomic mass is 10.3. The molecule has 0 bridgehead atoms. The lowest BCUT2D eigenvalue weighted by molar-refractivity contribution is 0.601. The average molecular weight is 269 g/mol. The van der Waals surface area contributed by atoms with Crippen molar-refractivity contribution < 1.29 is 8.42 Å². The van der Waals surface area contributed by atoms with Crippen molar-refractivity contribution in [3.63, 3.8) is 0 Å². The van der Waals surface area contributed by atoms with Gasteiger partial charge in [-0.1, -0.05) is 17.2 Å². The van der Waals surface area contributed by atoms with E-state index in [1.54, 1.807) is 18.2 Å². The van der Waals surface area contributed by atoms with Crippen molar-refractivity contribution in [2.45, 2.75) is 4.90 Å². The van der Waals surface area contributed by atoms with Crippen LogP contribution in [0.5, 0.6) is 0 Å². The van der Waals surface area contributed by atoms with E-state index >= 15 is 0 Å². The molecule has 0 spiro atoms. The molecule has 2 rings (SSSR count). The number of hydrazine groups is 1. The van der Waals surface area contributed by atoms with E-state index in [1.165, 1.54) is 13.1 Å². The lowest BCUT2D eigenvalue weighted by Gasteiger charge is -2.09. The van der Waals surface area contributed by atoms with Gasteiger partial charge in [-0.3, -0.25) is 5.84 Å². The van der Waals surface area contributed by atoms with Crippen molar-refractivity contribution in [3.05, 3.63) is 24.3 Å². The Morgan fingerprint density at radius 1 is 1.33 bits per heavy atom. The largest absolute Gasteiger partial charge is 0.323 e. The predicted octanol–water partition coefficient (Wildman–Crippen LogP) is -0.704. The number of benzene rings is 1. The van der Waals surface area contributed by atoms with E-state index in [9.17, 15) is 8.42 Å². The molecule has 0 aliphatic carbocycles. The minimum absolute atomic E-state index is 0.0000435. The SMILES string of the molecule is Cn1nnc(NS(=O)(=O)c2ccccc2NN)n1. The van der Waals surface area contributed by atoms with Crippen molar-refractivity contribution in [2.75, 3.05) is 10.1 Å². The summed E-state index contributed by atoms with van der Waals surface area (Å²) in [7, 11) is -2.29. The molecule has 1 heterocycles. The molecule has 96 valence electrons. The fraction of sp³-hybridized carbons (Fsp3) is 0.125. The fourth-order valence-corrected chi connectivity index (χ4v) is 2.43. The van der Waals surface area contributed by atoms with Gasteiger partial charge in [-0.05, 0) is 17.3 Å². The number of hydrogen-bond donors (Lipinski definition) is 3. The first-order valence-corrected chi connectivity index (χ1v) is 6.34. The number of hydrogen-bond acceptors (Lipinski definition) is 7. The van der Waals surface area contributed by atoms with Crippen LogP contribution < -0.4 is 16.0 Å². The molecule has 1 aromatic heterocycles. The van der Waals surface area contributed by atoms with Crippen molar-refractivity contribution in [2.24, 2.45) is 12.9 Å². The second kappa shape index (κ2) is 4.58. The molecule has 0 amide bonds. The third-order valence-corrected chi connectivity index (χ3v) is 3.45. The highest BCUT2D eigenvalue weighted by atomic mass is 32.2. The molecule has 0 atom stereocenters. The monoisotopic (exact) mass is 269 g/mol. The maximum Gasteiger partial charge on any atom is 0.277 e. The Morgan fingerprint density at radius 2 is 2.06 bits per heavy atom. The number of rotatable bonds is 4. The van der Waals surface area contributed by atoms with E-state index in [4.69, 9.17) is 5.84 Å². The minimum Gasteiger partial charge on any atom is -0.323 e. The molecule has 0 saturated carbocycles. The quantitative estimate of drug-likeness (QED) is 0.494. The van der Waals surface area contributed by atoms with E-state index in [-0.39, 0.29) is 16.5 Å². The predicted molar refractivity (Wildman–Crippen MR) is 63.9 cm³/mol.